The Hall–Kier alpha value is -0.660. The third-order valence-corrected chi connectivity index (χ3v) is 2.67. The van der Waals surface area contributed by atoms with E-state index in [1.165, 1.54) is 0 Å². The molecule has 0 amide bonds. The van der Waals surface area contributed by atoms with Crippen molar-refractivity contribution in [3.8, 4) is 0 Å². The lowest BCUT2D eigenvalue weighted by Gasteiger charge is -2.04. The van der Waals surface area contributed by atoms with Crippen LogP contribution in [0.5, 0.6) is 0 Å². The lowest BCUT2D eigenvalue weighted by molar-refractivity contribution is -0.136. The molecule has 0 saturated carbocycles. The molecule has 0 heterocycles. The van der Waals surface area contributed by atoms with Gasteiger partial charge in [-0.15, -0.1) is 0 Å². The summed E-state index contributed by atoms with van der Waals surface area (Å²) >= 11 is 0. The molecule has 0 bridgehead atoms. The Kier molecular flexibility index (Phi) is 11.0. The zero-order valence-corrected chi connectivity index (χ0v) is 10.2. The second kappa shape index (κ2) is 9.88. The quantitative estimate of drug-likeness (QED) is 0.564. The monoisotopic (exact) mass is 240 g/mol. The van der Waals surface area contributed by atoms with Gasteiger partial charge in [-0.2, -0.15) is 0 Å². The largest absolute Gasteiger partial charge is 0.481 e. The Morgan fingerprint density at radius 2 is 1.80 bits per heavy atom. The highest BCUT2D eigenvalue weighted by molar-refractivity contribution is 7.89. The number of rotatable bonds is 7. The first kappa shape index (κ1) is 16.8. The third kappa shape index (κ3) is 13.3. The standard InChI is InChI=1S/C6H14N2O4S.C2H6/c1-7-4-5-13(11,12)8-3-2-6(9)10;1-2/h7-8H,2-5H2,1H3,(H,9,10);1-2H3. The van der Waals surface area contributed by atoms with Crippen LogP contribution in [0.25, 0.3) is 0 Å². The van der Waals surface area contributed by atoms with Crippen molar-refractivity contribution in [3.05, 3.63) is 0 Å². The van der Waals surface area contributed by atoms with Gasteiger partial charge in [-0.3, -0.25) is 4.79 Å². The molecular weight excluding hydrogens is 220 g/mol. The molecule has 15 heavy (non-hydrogen) atoms. The molecule has 0 rings (SSSR count). The number of aliphatic carboxylic acids is 1. The number of sulfonamides is 1. The van der Waals surface area contributed by atoms with E-state index in [2.05, 4.69) is 10.0 Å². The SMILES string of the molecule is CC.CNCCS(=O)(=O)NCCC(=O)O. The molecule has 0 unspecified atom stereocenters. The van der Waals surface area contributed by atoms with Gasteiger partial charge >= 0.3 is 5.97 Å². The van der Waals surface area contributed by atoms with E-state index >= 15 is 0 Å². The first-order chi connectivity index (χ1) is 6.98. The zero-order chi connectivity index (χ0) is 12.3. The van der Waals surface area contributed by atoms with Gasteiger partial charge in [0.1, 0.15) is 0 Å². The van der Waals surface area contributed by atoms with Crippen LogP contribution in [-0.2, 0) is 14.8 Å². The summed E-state index contributed by atoms with van der Waals surface area (Å²) in [6, 6.07) is 0. The first-order valence-electron chi connectivity index (χ1n) is 4.81. The number of carboxylic acids is 1. The topological polar surface area (TPSA) is 95.5 Å². The van der Waals surface area contributed by atoms with Gasteiger partial charge in [0.25, 0.3) is 0 Å². The second-order valence-corrected chi connectivity index (χ2v) is 4.39. The van der Waals surface area contributed by atoms with E-state index in [1.54, 1.807) is 7.05 Å². The van der Waals surface area contributed by atoms with Gasteiger partial charge in [0.2, 0.25) is 10.0 Å². The minimum atomic E-state index is -3.32. The molecule has 0 radical (unpaired) electrons. The molecule has 0 atom stereocenters. The van der Waals surface area contributed by atoms with Crippen LogP contribution in [0.15, 0.2) is 0 Å². The maximum Gasteiger partial charge on any atom is 0.304 e. The van der Waals surface area contributed by atoms with Crippen LogP contribution in [0.2, 0.25) is 0 Å². The number of carboxylic acid groups (broad SMARTS) is 1. The summed E-state index contributed by atoms with van der Waals surface area (Å²) in [5.41, 5.74) is 0. The summed E-state index contributed by atoms with van der Waals surface area (Å²) < 4.78 is 24.2. The highest BCUT2D eigenvalue weighted by atomic mass is 32.2. The van der Waals surface area contributed by atoms with Crippen LogP contribution in [0.1, 0.15) is 20.3 Å². The normalized spacial score (nSPS) is 10.3. The van der Waals surface area contributed by atoms with Crippen molar-refractivity contribution < 1.29 is 18.3 Å². The molecule has 0 aliphatic carbocycles. The number of hydrogen-bond donors (Lipinski definition) is 3. The molecular formula is C8H20N2O4S. The molecule has 0 aromatic heterocycles. The first-order valence-corrected chi connectivity index (χ1v) is 6.47. The molecule has 0 aliphatic heterocycles. The summed E-state index contributed by atoms with van der Waals surface area (Å²) in [6.45, 7) is 4.30. The summed E-state index contributed by atoms with van der Waals surface area (Å²) in [5.74, 6) is -1.06. The molecule has 0 fully saturated rings. The fraction of sp³-hybridized carbons (Fsp3) is 0.875. The van der Waals surface area contributed by atoms with Crippen molar-refractivity contribution in [2.45, 2.75) is 20.3 Å². The van der Waals surface area contributed by atoms with E-state index in [0.29, 0.717) is 6.54 Å². The van der Waals surface area contributed by atoms with E-state index in [0.717, 1.165) is 0 Å². The van der Waals surface area contributed by atoms with E-state index in [-0.39, 0.29) is 18.7 Å². The highest BCUT2D eigenvalue weighted by Gasteiger charge is 2.08. The number of carbonyl (C=O) groups is 1. The second-order valence-electron chi connectivity index (χ2n) is 2.46. The van der Waals surface area contributed by atoms with Gasteiger partial charge in [-0.1, -0.05) is 13.8 Å². The van der Waals surface area contributed by atoms with Gasteiger partial charge in [0.15, 0.2) is 0 Å². The average Bonchev–Trinajstić information content (AvgIpc) is 2.17. The van der Waals surface area contributed by atoms with Gasteiger partial charge in [-0.05, 0) is 7.05 Å². The van der Waals surface area contributed by atoms with Crippen LogP contribution in [0.3, 0.4) is 0 Å². The molecule has 6 nitrogen and oxygen atoms in total. The van der Waals surface area contributed by atoms with Crippen molar-refractivity contribution in [2.75, 3.05) is 25.9 Å². The van der Waals surface area contributed by atoms with Crippen molar-refractivity contribution in [2.24, 2.45) is 0 Å². The number of nitrogens with one attached hydrogen (secondary N) is 2. The van der Waals surface area contributed by atoms with Gasteiger partial charge in [0, 0.05) is 13.1 Å². The fourth-order valence-electron chi connectivity index (χ4n) is 0.622. The maximum atomic E-state index is 11.0. The third-order valence-electron chi connectivity index (χ3n) is 1.28. The molecule has 3 N–H and O–H groups in total. The minimum absolute atomic E-state index is 0.0386. The van der Waals surface area contributed by atoms with Crippen molar-refractivity contribution in [1.82, 2.24) is 10.0 Å². The van der Waals surface area contributed by atoms with Crippen LogP contribution in [0.4, 0.5) is 0 Å². The van der Waals surface area contributed by atoms with E-state index in [9.17, 15) is 13.2 Å². The summed E-state index contributed by atoms with van der Waals surface area (Å²) in [7, 11) is -1.67. The highest BCUT2D eigenvalue weighted by Crippen LogP contribution is 1.84. The fourth-order valence-corrected chi connectivity index (χ4v) is 1.65. The van der Waals surface area contributed by atoms with Crippen LogP contribution < -0.4 is 10.0 Å². The van der Waals surface area contributed by atoms with Gasteiger partial charge < -0.3 is 10.4 Å². The van der Waals surface area contributed by atoms with Gasteiger partial charge in [-0.25, -0.2) is 13.1 Å². The Bertz CT molecular complexity index is 251. The van der Waals surface area contributed by atoms with Crippen LogP contribution in [-0.4, -0.2) is 45.4 Å². The van der Waals surface area contributed by atoms with Crippen molar-refractivity contribution in [1.29, 1.82) is 0 Å². The van der Waals surface area contributed by atoms with Crippen molar-refractivity contribution in [3.63, 3.8) is 0 Å². The van der Waals surface area contributed by atoms with Crippen LogP contribution >= 0.6 is 0 Å². The Morgan fingerprint density at radius 3 is 2.20 bits per heavy atom. The minimum Gasteiger partial charge on any atom is -0.481 e. The lowest BCUT2D eigenvalue weighted by Crippen LogP contribution is -2.32. The predicted octanol–water partition coefficient (Wildman–Crippen LogP) is -0.374. The average molecular weight is 240 g/mol. The predicted molar refractivity (Wildman–Crippen MR) is 59.3 cm³/mol. The van der Waals surface area contributed by atoms with E-state index in [4.69, 9.17) is 5.11 Å². The molecule has 0 saturated heterocycles. The Labute approximate surface area is 91.1 Å². The lowest BCUT2D eigenvalue weighted by atomic mass is 10.5. The molecule has 0 spiro atoms. The molecule has 0 aliphatic rings. The van der Waals surface area contributed by atoms with Crippen LogP contribution in [0, 0.1) is 0 Å². The van der Waals surface area contributed by atoms with E-state index < -0.39 is 16.0 Å². The molecule has 92 valence electrons. The summed E-state index contributed by atoms with van der Waals surface area (Å²) in [5, 5.41) is 10.9. The smallest absolute Gasteiger partial charge is 0.304 e. The van der Waals surface area contributed by atoms with Gasteiger partial charge in [0.05, 0.1) is 12.2 Å². The molecule has 0 aromatic carbocycles. The van der Waals surface area contributed by atoms with Crippen molar-refractivity contribution >= 4 is 16.0 Å². The Morgan fingerprint density at radius 1 is 1.27 bits per heavy atom. The maximum absolute atomic E-state index is 11.0. The molecule has 7 heteroatoms. The van der Waals surface area contributed by atoms with E-state index in [1.807, 2.05) is 13.8 Å². The number of hydrogen-bond acceptors (Lipinski definition) is 4. The molecule has 0 aromatic rings. The zero-order valence-electron chi connectivity index (χ0n) is 9.41. The summed E-state index contributed by atoms with van der Waals surface area (Å²) in [6.07, 6.45) is -0.196. The Balaban J connectivity index is 0. The summed E-state index contributed by atoms with van der Waals surface area (Å²) in [4.78, 5) is 10.1.